The summed E-state index contributed by atoms with van der Waals surface area (Å²) in [6.07, 6.45) is 1.57. The highest BCUT2D eigenvalue weighted by molar-refractivity contribution is 5.79. The van der Waals surface area contributed by atoms with Gasteiger partial charge in [-0.25, -0.2) is 9.98 Å². The molecular weight excluding hydrogens is 348 g/mol. The Balaban J connectivity index is 1.63. The highest BCUT2D eigenvalue weighted by atomic mass is 16.4. The van der Waals surface area contributed by atoms with Crippen molar-refractivity contribution in [2.75, 3.05) is 13.1 Å². The molecule has 0 fully saturated rings. The maximum absolute atomic E-state index is 10.6. The molecule has 0 saturated carbocycles. The van der Waals surface area contributed by atoms with E-state index in [2.05, 4.69) is 30.8 Å². The number of aromatic amines is 1. The molecule has 1 atom stereocenters. The van der Waals surface area contributed by atoms with Crippen molar-refractivity contribution in [1.82, 2.24) is 25.8 Å². The smallest absolute Gasteiger partial charge is 0.216 e. The van der Waals surface area contributed by atoms with Crippen LogP contribution >= 0.6 is 0 Å². The van der Waals surface area contributed by atoms with Crippen LogP contribution in [0.15, 0.2) is 44.4 Å². The lowest BCUT2D eigenvalue weighted by molar-refractivity contribution is 0.0378. The van der Waals surface area contributed by atoms with Gasteiger partial charge in [-0.1, -0.05) is 0 Å². The van der Waals surface area contributed by atoms with Gasteiger partial charge in [0, 0.05) is 6.54 Å². The van der Waals surface area contributed by atoms with Crippen LogP contribution in [-0.2, 0) is 12.1 Å². The molecule has 0 spiro atoms. The fourth-order valence-corrected chi connectivity index (χ4v) is 2.44. The van der Waals surface area contributed by atoms with Crippen LogP contribution in [0.2, 0.25) is 0 Å². The molecule has 3 aromatic rings. The second kappa shape index (κ2) is 8.09. The predicted octanol–water partition coefficient (Wildman–Crippen LogP) is 1.93. The third-order valence-corrected chi connectivity index (χ3v) is 3.88. The van der Waals surface area contributed by atoms with E-state index in [0.717, 1.165) is 5.76 Å². The highest BCUT2D eigenvalue weighted by Gasteiger charge is 2.27. The lowest BCUT2D eigenvalue weighted by Gasteiger charge is -2.22. The Bertz CT molecular complexity index is 879. The molecule has 0 aliphatic carbocycles. The van der Waals surface area contributed by atoms with Gasteiger partial charge in [-0.3, -0.25) is 5.10 Å². The van der Waals surface area contributed by atoms with Crippen LogP contribution in [0.1, 0.15) is 31.2 Å². The van der Waals surface area contributed by atoms with Crippen molar-refractivity contribution in [1.29, 1.82) is 0 Å². The SMILES string of the molecule is CCNC(=NCc1nc(-c2ccco2)n[nH]1)NCC(C)(O)c1ccc(C)o1. The summed E-state index contributed by atoms with van der Waals surface area (Å²) < 4.78 is 10.8. The van der Waals surface area contributed by atoms with Crippen molar-refractivity contribution < 1.29 is 13.9 Å². The van der Waals surface area contributed by atoms with Gasteiger partial charge in [-0.05, 0) is 45.0 Å². The molecule has 4 N–H and O–H groups in total. The predicted molar refractivity (Wildman–Crippen MR) is 99.9 cm³/mol. The van der Waals surface area contributed by atoms with Gasteiger partial charge in [0.25, 0.3) is 0 Å². The number of aliphatic imine (C=N–C) groups is 1. The van der Waals surface area contributed by atoms with Crippen LogP contribution in [0.3, 0.4) is 0 Å². The number of nitrogens with one attached hydrogen (secondary N) is 3. The van der Waals surface area contributed by atoms with E-state index in [-0.39, 0.29) is 6.54 Å². The topological polar surface area (TPSA) is 124 Å². The maximum Gasteiger partial charge on any atom is 0.216 e. The number of hydrogen-bond acceptors (Lipinski definition) is 6. The van der Waals surface area contributed by atoms with Crippen LogP contribution in [-0.4, -0.2) is 39.3 Å². The van der Waals surface area contributed by atoms with Gasteiger partial charge in [0.05, 0.1) is 12.8 Å². The van der Waals surface area contributed by atoms with Crippen LogP contribution in [0.25, 0.3) is 11.6 Å². The fraction of sp³-hybridized carbons (Fsp3) is 0.389. The van der Waals surface area contributed by atoms with Crippen LogP contribution in [0.5, 0.6) is 0 Å². The third-order valence-electron chi connectivity index (χ3n) is 3.88. The summed E-state index contributed by atoms with van der Waals surface area (Å²) in [5.41, 5.74) is -1.16. The first kappa shape index (κ1) is 18.7. The number of H-pyrrole nitrogens is 1. The number of aryl methyl sites for hydroxylation is 1. The van der Waals surface area contributed by atoms with E-state index in [4.69, 9.17) is 8.83 Å². The molecule has 0 amide bonds. The van der Waals surface area contributed by atoms with E-state index >= 15 is 0 Å². The molecule has 9 heteroatoms. The van der Waals surface area contributed by atoms with Gasteiger partial charge in [-0.2, -0.15) is 0 Å². The third kappa shape index (κ3) is 4.76. The molecule has 144 valence electrons. The van der Waals surface area contributed by atoms with E-state index < -0.39 is 5.60 Å². The molecule has 0 aromatic carbocycles. The molecular formula is C18H24N6O3. The Labute approximate surface area is 156 Å². The van der Waals surface area contributed by atoms with Gasteiger partial charge < -0.3 is 24.6 Å². The summed E-state index contributed by atoms with van der Waals surface area (Å²) in [5, 5.41) is 23.8. The lowest BCUT2D eigenvalue weighted by atomic mass is 10.0. The standard InChI is InChI=1S/C18H24N6O3/c1-4-19-17(21-11-18(3,25)14-8-7-12(2)27-14)20-10-15-22-16(24-23-15)13-6-5-9-26-13/h5-9,25H,4,10-11H2,1-3H3,(H2,19,20,21)(H,22,23,24). The molecule has 3 rings (SSSR count). The van der Waals surface area contributed by atoms with Crippen molar-refractivity contribution in [3.8, 4) is 11.6 Å². The minimum atomic E-state index is -1.16. The van der Waals surface area contributed by atoms with Gasteiger partial charge >= 0.3 is 0 Å². The fourth-order valence-electron chi connectivity index (χ4n) is 2.44. The van der Waals surface area contributed by atoms with Gasteiger partial charge in [-0.15, -0.1) is 5.10 Å². The van der Waals surface area contributed by atoms with Crippen molar-refractivity contribution in [3.05, 3.63) is 47.9 Å². The molecule has 0 radical (unpaired) electrons. The average molecular weight is 372 g/mol. The molecule has 3 heterocycles. The molecule has 27 heavy (non-hydrogen) atoms. The van der Waals surface area contributed by atoms with E-state index in [0.29, 0.717) is 42.2 Å². The Morgan fingerprint density at radius 2 is 2.19 bits per heavy atom. The number of nitrogens with zero attached hydrogens (tertiary/aromatic N) is 3. The van der Waals surface area contributed by atoms with Crippen molar-refractivity contribution in [2.24, 2.45) is 4.99 Å². The van der Waals surface area contributed by atoms with E-state index in [1.165, 1.54) is 0 Å². The van der Waals surface area contributed by atoms with Gasteiger partial charge in [0.1, 0.15) is 29.5 Å². The zero-order valence-corrected chi connectivity index (χ0v) is 15.6. The summed E-state index contributed by atoms with van der Waals surface area (Å²) in [6.45, 7) is 6.71. The maximum atomic E-state index is 10.6. The second-order valence-electron chi connectivity index (χ2n) is 6.32. The Hall–Kier alpha value is -3.07. The van der Waals surface area contributed by atoms with Crippen LogP contribution in [0, 0.1) is 6.92 Å². The average Bonchev–Trinajstić information content (AvgIpc) is 3.37. The Kier molecular flexibility index (Phi) is 5.60. The summed E-state index contributed by atoms with van der Waals surface area (Å²) in [7, 11) is 0. The number of aliphatic hydroxyl groups is 1. The molecule has 0 bridgehead atoms. The van der Waals surface area contributed by atoms with Crippen molar-refractivity contribution in [2.45, 2.75) is 32.9 Å². The number of guanidine groups is 1. The first-order valence-electron chi connectivity index (χ1n) is 8.74. The van der Waals surface area contributed by atoms with E-state index in [1.54, 1.807) is 31.4 Å². The zero-order valence-electron chi connectivity index (χ0n) is 15.6. The van der Waals surface area contributed by atoms with E-state index in [9.17, 15) is 5.11 Å². The Morgan fingerprint density at radius 3 is 2.85 bits per heavy atom. The molecule has 0 saturated heterocycles. The molecule has 0 aliphatic heterocycles. The summed E-state index contributed by atoms with van der Waals surface area (Å²) in [4.78, 5) is 8.83. The first-order chi connectivity index (χ1) is 13.0. The van der Waals surface area contributed by atoms with Gasteiger partial charge in [0.2, 0.25) is 5.82 Å². The van der Waals surface area contributed by atoms with Crippen LogP contribution < -0.4 is 10.6 Å². The number of rotatable bonds is 7. The Morgan fingerprint density at radius 1 is 1.33 bits per heavy atom. The normalized spacial score (nSPS) is 14.1. The lowest BCUT2D eigenvalue weighted by Crippen LogP contribution is -2.44. The monoisotopic (exact) mass is 372 g/mol. The van der Waals surface area contributed by atoms with Crippen molar-refractivity contribution >= 4 is 5.96 Å². The largest absolute Gasteiger partial charge is 0.463 e. The van der Waals surface area contributed by atoms with Gasteiger partial charge in [0.15, 0.2) is 11.7 Å². The molecule has 9 nitrogen and oxygen atoms in total. The second-order valence-corrected chi connectivity index (χ2v) is 6.32. The van der Waals surface area contributed by atoms with Crippen LogP contribution in [0.4, 0.5) is 0 Å². The molecule has 1 unspecified atom stereocenters. The zero-order chi connectivity index (χ0) is 19.3. The molecule has 0 aliphatic rings. The number of hydrogen-bond donors (Lipinski definition) is 4. The summed E-state index contributed by atoms with van der Waals surface area (Å²) in [5.74, 6) is 3.49. The molecule has 3 aromatic heterocycles. The number of furan rings is 2. The summed E-state index contributed by atoms with van der Waals surface area (Å²) in [6, 6.07) is 7.17. The minimum absolute atomic E-state index is 0.236. The minimum Gasteiger partial charge on any atom is -0.463 e. The van der Waals surface area contributed by atoms with E-state index in [1.807, 2.05) is 19.9 Å². The quantitative estimate of drug-likeness (QED) is 0.369. The highest BCUT2D eigenvalue weighted by Crippen LogP contribution is 2.21. The van der Waals surface area contributed by atoms with Crippen molar-refractivity contribution in [3.63, 3.8) is 0 Å². The summed E-state index contributed by atoms with van der Waals surface area (Å²) >= 11 is 0. The first-order valence-corrected chi connectivity index (χ1v) is 8.74. The number of aromatic nitrogens is 3.